The quantitative estimate of drug-likeness (QED) is 0.517. The highest BCUT2D eigenvalue weighted by molar-refractivity contribution is 5.13. The van der Waals surface area contributed by atoms with Gasteiger partial charge in [0.25, 0.3) is 0 Å². The van der Waals surface area contributed by atoms with Crippen LogP contribution in [-0.4, -0.2) is 29.2 Å². The molecule has 0 aromatic rings. The number of aliphatic hydroxyl groups excluding tert-OH is 1. The summed E-state index contributed by atoms with van der Waals surface area (Å²) in [7, 11) is 0. The SMILES string of the molecule is CC1(C)O[C@H]2[C@H](O)C=C[C@H]2O1. The Morgan fingerprint density at radius 1 is 1.27 bits per heavy atom. The lowest BCUT2D eigenvalue weighted by molar-refractivity contribution is -0.152. The van der Waals surface area contributed by atoms with E-state index < -0.39 is 11.9 Å². The lowest BCUT2D eigenvalue weighted by Gasteiger charge is -2.18. The number of aliphatic hydroxyl groups is 1. The minimum absolute atomic E-state index is 0.0556. The fourth-order valence-corrected chi connectivity index (χ4v) is 1.56. The molecule has 0 aromatic heterocycles. The Morgan fingerprint density at radius 3 is 2.64 bits per heavy atom. The molecule has 0 radical (unpaired) electrons. The molecule has 3 heteroatoms. The average Bonchev–Trinajstić information content (AvgIpc) is 2.31. The van der Waals surface area contributed by atoms with Crippen LogP contribution in [0.5, 0.6) is 0 Å². The van der Waals surface area contributed by atoms with Crippen LogP contribution in [0.4, 0.5) is 0 Å². The van der Waals surface area contributed by atoms with E-state index in [0.29, 0.717) is 0 Å². The van der Waals surface area contributed by atoms with Crippen LogP contribution in [0.2, 0.25) is 0 Å². The summed E-state index contributed by atoms with van der Waals surface area (Å²) in [6.07, 6.45) is 2.82. The Hall–Kier alpha value is -0.380. The molecule has 3 nitrogen and oxygen atoms in total. The molecule has 1 fully saturated rings. The van der Waals surface area contributed by atoms with Gasteiger partial charge in [-0.3, -0.25) is 0 Å². The lowest BCUT2D eigenvalue weighted by Crippen LogP contribution is -2.28. The molecule has 0 saturated carbocycles. The van der Waals surface area contributed by atoms with E-state index in [2.05, 4.69) is 0 Å². The van der Waals surface area contributed by atoms with Crippen LogP contribution in [0.25, 0.3) is 0 Å². The third-order valence-corrected chi connectivity index (χ3v) is 2.00. The third-order valence-electron chi connectivity index (χ3n) is 2.00. The second kappa shape index (κ2) is 2.06. The van der Waals surface area contributed by atoms with E-state index in [4.69, 9.17) is 9.47 Å². The molecule has 1 N–H and O–H groups in total. The summed E-state index contributed by atoms with van der Waals surface area (Å²) in [4.78, 5) is 0. The topological polar surface area (TPSA) is 38.7 Å². The summed E-state index contributed by atoms with van der Waals surface area (Å²) in [6, 6.07) is 0. The molecule has 1 heterocycles. The van der Waals surface area contributed by atoms with Gasteiger partial charge in [0.15, 0.2) is 5.79 Å². The van der Waals surface area contributed by atoms with E-state index in [1.54, 1.807) is 6.08 Å². The van der Waals surface area contributed by atoms with Crippen molar-refractivity contribution < 1.29 is 14.6 Å². The van der Waals surface area contributed by atoms with Gasteiger partial charge in [-0.15, -0.1) is 0 Å². The standard InChI is InChI=1S/C8H12O3/c1-8(2)10-6-4-3-5(9)7(6)11-8/h3-7,9H,1-2H3/t5-,6-,7+/m1/s1. The number of ether oxygens (including phenoxy) is 2. The van der Waals surface area contributed by atoms with E-state index in [0.717, 1.165) is 0 Å². The van der Waals surface area contributed by atoms with E-state index >= 15 is 0 Å². The van der Waals surface area contributed by atoms with E-state index in [1.165, 1.54) is 0 Å². The molecule has 2 aliphatic rings. The predicted molar refractivity (Wildman–Crippen MR) is 39.0 cm³/mol. The molecular weight excluding hydrogens is 144 g/mol. The van der Waals surface area contributed by atoms with Gasteiger partial charge in [0.2, 0.25) is 0 Å². The predicted octanol–water partition coefficient (Wildman–Crippen LogP) is 0.437. The maximum atomic E-state index is 9.34. The molecule has 11 heavy (non-hydrogen) atoms. The largest absolute Gasteiger partial charge is 0.386 e. The Bertz CT molecular complexity index is 198. The Kier molecular flexibility index (Phi) is 1.36. The van der Waals surface area contributed by atoms with Gasteiger partial charge in [0, 0.05) is 0 Å². The molecule has 0 amide bonds. The number of hydrogen-bond acceptors (Lipinski definition) is 3. The second-order valence-corrected chi connectivity index (χ2v) is 3.44. The summed E-state index contributed by atoms with van der Waals surface area (Å²) in [6.45, 7) is 3.71. The van der Waals surface area contributed by atoms with Gasteiger partial charge in [-0.2, -0.15) is 0 Å². The molecule has 0 bridgehead atoms. The molecule has 1 aliphatic carbocycles. The van der Waals surface area contributed by atoms with E-state index in [1.807, 2.05) is 19.9 Å². The fourth-order valence-electron chi connectivity index (χ4n) is 1.56. The molecule has 0 aromatic carbocycles. The molecule has 0 spiro atoms. The Morgan fingerprint density at radius 2 is 2.00 bits per heavy atom. The van der Waals surface area contributed by atoms with Crippen LogP contribution in [0.1, 0.15) is 13.8 Å². The summed E-state index contributed by atoms with van der Waals surface area (Å²) >= 11 is 0. The fraction of sp³-hybridized carbons (Fsp3) is 0.750. The monoisotopic (exact) mass is 156 g/mol. The Labute approximate surface area is 65.6 Å². The van der Waals surface area contributed by atoms with Gasteiger partial charge in [0.1, 0.15) is 18.3 Å². The lowest BCUT2D eigenvalue weighted by atomic mass is 10.2. The van der Waals surface area contributed by atoms with Gasteiger partial charge >= 0.3 is 0 Å². The van der Waals surface area contributed by atoms with E-state index in [9.17, 15) is 5.11 Å². The molecule has 1 saturated heterocycles. The molecular formula is C8H12O3. The smallest absolute Gasteiger partial charge is 0.164 e. The molecule has 2 rings (SSSR count). The van der Waals surface area contributed by atoms with Gasteiger partial charge in [0.05, 0.1) is 0 Å². The number of rotatable bonds is 0. The minimum Gasteiger partial charge on any atom is -0.386 e. The van der Waals surface area contributed by atoms with Crippen LogP contribution in [0.3, 0.4) is 0 Å². The van der Waals surface area contributed by atoms with Crippen LogP contribution >= 0.6 is 0 Å². The Balaban J connectivity index is 2.15. The van der Waals surface area contributed by atoms with Crippen molar-refractivity contribution >= 4 is 0 Å². The third kappa shape index (κ3) is 1.09. The first-order valence-electron chi connectivity index (χ1n) is 3.80. The van der Waals surface area contributed by atoms with Crippen molar-refractivity contribution in [2.45, 2.75) is 37.9 Å². The zero-order valence-electron chi connectivity index (χ0n) is 6.65. The second-order valence-electron chi connectivity index (χ2n) is 3.44. The molecule has 0 unspecified atom stereocenters. The molecule has 1 aliphatic heterocycles. The minimum atomic E-state index is -0.541. The highest BCUT2D eigenvalue weighted by Crippen LogP contribution is 2.34. The highest BCUT2D eigenvalue weighted by atomic mass is 16.8. The van der Waals surface area contributed by atoms with Gasteiger partial charge in [-0.1, -0.05) is 12.2 Å². The summed E-state index contributed by atoms with van der Waals surface area (Å²) in [5.74, 6) is -0.541. The van der Waals surface area contributed by atoms with Crippen LogP contribution in [-0.2, 0) is 9.47 Å². The highest BCUT2D eigenvalue weighted by Gasteiger charge is 2.45. The first-order chi connectivity index (χ1) is 5.08. The van der Waals surface area contributed by atoms with Crippen molar-refractivity contribution in [2.75, 3.05) is 0 Å². The molecule has 62 valence electrons. The summed E-state index contributed by atoms with van der Waals surface area (Å²) in [5, 5.41) is 9.34. The van der Waals surface area contributed by atoms with Gasteiger partial charge in [-0.05, 0) is 13.8 Å². The van der Waals surface area contributed by atoms with E-state index in [-0.39, 0.29) is 12.2 Å². The normalized spacial score (nSPS) is 46.3. The van der Waals surface area contributed by atoms with Crippen LogP contribution < -0.4 is 0 Å². The van der Waals surface area contributed by atoms with Gasteiger partial charge in [-0.25, -0.2) is 0 Å². The van der Waals surface area contributed by atoms with Crippen molar-refractivity contribution in [2.24, 2.45) is 0 Å². The van der Waals surface area contributed by atoms with Crippen molar-refractivity contribution in [3.63, 3.8) is 0 Å². The summed E-state index contributed by atoms with van der Waals surface area (Å²) < 4.78 is 10.9. The first-order valence-corrected chi connectivity index (χ1v) is 3.80. The van der Waals surface area contributed by atoms with Crippen molar-refractivity contribution in [3.8, 4) is 0 Å². The first kappa shape index (κ1) is 7.28. The van der Waals surface area contributed by atoms with Gasteiger partial charge < -0.3 is 14.6 Å². The van der Waals surface area contributed by atoms with Crippen LogP contribution in [0, 0.1) is 0 Å². The maximum Gasteiger partial charge on any atom is 0.164 e. The van der Waals surface area contributed by atoms with Crippen molar-refractivity contribution in [1.29, 1.82) is 0 Å². The van der Waals surface area contributed by atoms with Crippen LogP contribution in [0.15, 0.2) is 12.2 Å². The molecule has 3 atom stereocenters. The van der Waals surface area contributed by atoms with Crippen molar-refractivity contribution in [1.82, 2.24) is 0 Å². The summed E-state index contributed by atoms with van der Waals surface area (Å²) in [5.41, 5.74) is 0. The maximum absolute atomic E-state index is 9.34. The number of fused-ring (bicyclic) bond motifs is 1. The number of hydrogen-bond donors (Lipinski definition) is 1. The zero-order valence-corrected chi connectivity index (χ0v) is 6.65. The van der Waals surface area contributed by atoms with Crippen molar-refractivity contribution in [3.05, 3.63) is 12.2 Å². The average molecular weight is 156 g/mol. The zero-order chi connectivity index (χ0) is 8.06.